The number of carboxylic acids is 1. The SMILES string of the molecule is Cc1cnc([C@@H](C)[C@H](C)S(=O)(=O)Cc2nnc(-c3cncc(C)c3)n2-c2c(C)cccc2C)nc1.O=C(O)C(F)(F)F. The molecule has 0 unspecified atom stereocenters. The maximum Gasteiger partial charge on any atom is 0.490 e. The molecule has 3 aromatic heterocycles. The van der Waals surface area contributed by atoms with Crippen LogP contribution in [0.1, 0.15) is 53.7 Å². The van der Waals surface area contributed by atoms with E-state index in [4.69, 9.17) is 9.90 Å². The van der Waals surface area contributed by atoms with E-state index in [9.17, 15) is 21.6 Å². The first-order valence-electron chi connectivity index (χ1n) is 12.8. The standard InChI is InChI=1S/C26H30N6O2S.C2HF3O2/c1-16-10-22(14-27-11-16)26-31-30-23(32(26)24-18(3)8-7-9-19(24)4)15-35(33,34)21(6)20(5)25-28-12-17(2)13-29-25;3-2(4,5)1(6)7/h7-14,20-21H,15H2,1-6H3;(H,6,7)/t20-,21-;/m0./s1. The maximum absolute atomic E-state index is 13.6. The molecule has 0 fully saturated rings. The van der Waals surface area contributed by atoms with Gasteiger partial charge < -0.3 is 5.11 Å². The number of alkyl halides is 3. The fourth-order valence-electron chi connectivity index (χ4n) is 4.14. The smallest absolute Gasteiger partial charge is 0.475 e. The Balaban J connectivity index is 0.000000616. The van der Waals surface area contributed by atoms with Gasteiger partial charge in [0.05, 0.1) is 10.9 Å². The minimum absolute atomic E-state index is 0.260. The van der Waals surface area contributed by atoms with Crippen molar-refractivity contribution in [2.75, 3.05) is 0 Å². The van der Waals surface area contributed by atoms with Gasteiger partial charge in [0.25, 0.3) is 0 Å². The molecular formula is C28H31F3N6O4S. The number of hydrogen-bond acceptors (Lipinski definition) is 8. The summed E-state index contributed by atoms with van der Waals surface area (Å²) < 4.78 is 60.8. The van der Waals surface area contributed by atoms with Crippen LogP contribution in [0.2, 0.25) is 0 Å². The van der Waals surface area contributed by atoms with Crippen molar-refractivity contribution in [2.45, 2.75) is 64.6 Å². The molecule has 0 saturated carbocycles. The van der Waals surface area contributed by atoms with E-state index in [0.717, 1.165) is 33.5 Å². The normalized spacial score (nSPS) is 13.2. The fraction of sp³-hybridized carbons (Fsp3) is 0.357. The van der Waals surface area contributed by atoms with E-state index < -0.39 is 27.2 Å². The number of pyridine rings is 1. The first-order chi connectivity index (χ1) is 19.5. The van der Waals surface area contributed by atoms with Crippen molar-refractivity contribution in [3.8, 4) is 17.1 Å². The molecule has 42 heavy (non-hydrogen) atoms. The van der Waals surface area contributed by atoms with Crippen LogP contribution >= 0.6 is 0 Å². The Morgan fingerprint density at radius 1 is 0.952 bits per heavy atom. The monoisotopic (exact) mass is 604 g/mol. The number of sulfone groups is 1. The van der Waals surface area contributed by atoms with Crippen molar-refractivity contribution in [1.29, 1.82) is 0 Å². The number of nitrogens with zero attached hydrogens (tertiary/aromatic N) is 6. The van der Waals surface area contributed by atoms with Gasteiger partial charge in [0, 0.05) is 36.3 Å². The highest BCUT2D eigenvalue weighted by atomic mass is 32.2. The van der Waals surface area contributed by atoms with Gasteiger partial charge in [-0.15, -0.1) is 10.2 Å². The molecule has 1 N–H and O–H groups in total. The summed E-state index contributed by atoms with van der Waals surface area (Å²) in [5.74, 6) is -1.96. The van der Waals surface area contributed by atoms with Crippen LogP contribution in [0.15, 0.2) is 49.1 Å². The lowest BCUT2D eigenvalue weighted by atomic mass is 10.1. The molecule has 3 heterocycles. The molecule has 10 nitrogen and oxygen atoms in total. The molecule has 0 radical (unpaired) electrons. The van der Waals surface area contributed by atoms with Gasteiger partial charge in [-0.05, 0) is 62.9 Å². The van der Waals surface area contributed by atoms with Gasteiger partial charge in [0.15, 0.2) is 21.5 Å². The quantitative estimate of drug-likeness (QED) is 0.305. The molecule has 0 aliphatic carbocycles. The Labute approximate surface area is 241 Å². The minimum Gasteiger partial charge on any atom is -0.475 e. The summed E-state index contributed by atoms with van der Waals surface area (Å²) in [4.78, 5) is 21.9. The Kier molecular flexibility index (Phi) is 9.82. The summed E-state index contributed by atoms with van der Waals surface area (Å²) in [6.07, 6.45) is 1.82. The van der Waals surface area contributed by atoms with Crippen molar-refractivity contribution >= 4 is 15.8 Å². The lowest BCUT2D eigenvalue weighted by Crippen LogP contribution is -2.27. The number of halogens is 3. The van der Waals surface area contributed by atoms with Gasteiger partial charge in [-0.25, -0.2) is 23.2 Å². The van der Waals surface area contributed by atoms with Crippen LogP contribution < -0.4 is 0 Å². The highest BCUT2D eigenvalue weighted by molar-refractivity contribution is 7.91. The lowest BCUT2D eigenvalue weighted by Gasteiger charge is -2.20. The van der Waals surface area contributed by atoms with E-state index in [-0.39, 0.29) is 11.7 Å². The number of carboxylic acid groups (broad SMARTS) is 1. The first kappa shape index (κ1) is 32.3. The van der Waals surface area contributed by atoms with Crippen LogP contribution in [0.5, 0.6) is 0 Å². The largest absolute Gasteiger partial charge is 0.490 e. The second-order valence-electron chi connectivity index (χ2n) is 9.99. The molecular weight excluding hydrogens is 573 g/mol. The van der Waals surface area contributed by atoms with E-state index in [1.54, 1.807) is 31.7 Å². The van der Waals surface area contributed by atoms with Crippen LogP contribution in [0.3, 0.4) is 0 Å². The molecule has 1 aromatic carbocycles. The van der Waals surface area contributed by atoms with Crippen molar-refractivity contribution in [2.24, 2.45) is 0 Å². The lowest BCUT2D eigenvalue weighted by molar-refractivity contribution is -0.192. The Bertz CT molecular complexity index is 1650. The topological polar surface area (TPSA) is 141 Å². The average molecular weight is 605 g/mol. The van der Waals surface area contributed by atoms with Crippen LogP contribution in [-0.4, -0.2) is 60.6 Å². The molecule has 0 aliphatic rings. The Morgan fingerprint density at radius 3 is 2.05 bits per heavy atom. The minimum atomic E-state index is -5.08. The van der Waals surface area contributed by atoms with Gasteiger partial charge in [-0.3, -0.25) is 9.55 Å². The Morgan fingerprint density at radius 2 is 1.52 bits per heavy atom. The third kappa shape index (κ3) is 7.55. The molecule has 4 aromatic rings. The number of para-hydroxylation sites is 1. The first-order valence-corrected chi connectivity index (χ1v) is 14.5. The number of hydrogen-bond donors (Lipinski definition) is 1. The van der Waals surface area contributed by atoms with Crippen molar-refractivity contribution in [1.82, 2.24) is 29.7 Å². The fourth-order valence-corrected chi connectivity index (χ4v) is 5.69. The molecule has 0 aliphatic heterocycles. The second-order valence-corrected chi connectivity index (χ2v) is 12.3. The van der Waals surface area contributed by atoms with E-state index >= 15 is 0 Å². The van der Waals surface area contributed by atoms with Gasteiger partial charge in [0.1, 0.15) is 11.6 Å². The predicted molar refractivity (Wildman–Crippen MR) is 150 cm³/mol. The summed E-state index contributed by atoms with van der Waals surface area (Å²) in [5.41, 5.74) is 5.56. The highest BCUT2D eigenvalue weighted by Crippen LogP contribution is 2.30. The second kappa shape index (κ2) is 12.8. The molecule has 14 heteroatoms. The van der Waals surface area contributed by atoms with E-state index in [2.05, 4.69) is 25.1 Å². The number of benzene rings is 1. The zero-order chi connectivity index (χ0) is 31.4. The average Bonchev–Trinajstić information content (AvgIpc) is 3.30. The van der Waals surface area contributed by atoms with Crippen LogP contribution in [0, 0.1) is 27.7 Å². The van der Waals surface area contributed by atoms with Gasteiger partial charge >= 0.3 is 12.1 Å². The van der Waals surface area contributed by atoms with Crippen LogP contribution in [0.25, 0.3) is 17.1 Å². The van der Waals surface area contributed by atoms with E-state index in [0.29, 0.717) is 17.5 Å². The summed E-state index contributed by atoms with van der Waals surface area (Å²) >= 11 is 0. The molecule has 0 bridgehead atoms. The zero-order valence-corrected chi connectivity index (χ0v) is 24.7. The molecule has 2 atom stereocenters. The molecule has 224 valence electrons. The van der Waals surface area contributed by atoms with Gasteiger partial charge in [-0.1, -0.05) is 25.1 Å². The molecule has 0 saturated heterocycles. The van der Waals surface area contributed by atoms with Crippen LogP contribution in [0.4, 0.5) is 13.2 Å². The summed E-state index contributed by atoms with van der Waals surface area (Å²) in [7, 11) is -3.62. The van der Waals surface area contributed by atoms with E-state index in [1.807, 2.05) is 63.5 Å². The summed E-state index contributed by atoms with van der Waals surface area (Å²) in [5, 5.41) is 15.2. The number of aryl methyl sites for hydroxylation is 4. The van der Waals surface area contributed by atoms with E-state index in [1.165, 1.54) is 0 Å². The number of aromatic nitrogens is 6. The zero-order valence-electron chi connectivity index (χ0n) is 23.9. The van der Waals surface area contributed by atoms with Crippen molar-refractivity contribution in [3.63, 3.8) is 0 Å². The van der Waals surface area contributed by atoms with Crippen molar-refractivity contribution < 1.29 is 31.5 Å². The van der Waals surface area contributed by atoms with Gasteiger partial charge in [-0.2, -0.15) is 13.2 Å². The maximum atomic E-state index is 13.6. The number of aliphatic carboxylic acids is 1. The van der Waals surface area contributed by atoms with Gasteiger partial charge in [0.2, 0.25) is 0 Å². The molecule has 0 amide bonds. The predicted octanol–water partition coefficient (Wildman–Crippen LogP) is 5.09. The molecule has 4 rings (SSSR count). The highest BCUT2D eigenvalue weighted by Gasteiger charge is 2.38. The number of rotatable bonds is 7. The Hall–Kier alpha value is -4.20. The van der Waals surface area contributed by atoms with Crippen molar-refractivity contribution in [3.05, 3.63) is 83.0 Å². The summed E-state index contributed by atoms with van der Waals surface area (Å²) in [6, 6.07) is 7.95. The summed E-state index contributed by atoms with van der Waals surface area (Å²) in [6.45, 7) is 11.4. The number of carbonyl (C=O) groups is 1. The third-order valence-electron chi connectivity index (χ3n) is 6.58. The molecule has 0 spiro atoms. The van der Waals surface area contributed by atoms with Crippen LogP contribution in [-0.2, 0) is 20.4 Å². The third-order valence-corrected chi connectivity index (χ3v) is 8.78.